The van der Waals surface area contributed by atoms with Crippen LogP contribution in [0.5, 0.6) is 5.75 Å². The van der Waals surface area contributed by atoms with Crippen LogP contribution in [0.1, 0.15) is 41.7 Å². The Labute approximate surface area is 145 Å². The van der Waals surface area contributed by atoms with Crippen LogP contribution in [-0.2, 0) is 24.2 Å². The van der Waals surface area contributed by atoms with Gasteiger partial charge in [-0.15, -0.1) is 0 Å². The SMILES string of the molecule is CCc1ccc(CC)c(CNC(=O)COc2cc(C)cc(C)c2)c1. The van der Waals surface area contributed by atoms with Crippen LogP contribution < -0.4 is 10.1 Å². The Bertz CT molecular complexity index is 687. The first-order valence-electron chi connectivity index (χ1n) is 8.60. The molecule has 3 heteroatoms. The number of carbonyl (C=O) groups is 1. The zero-order valence-electron chi connectivity index (χ0n) is 15.1. The van der Waals surface area contributed by atoms with Gasteiger partial charge < -0.3 is 10.1 Å². The average Bonchev–Trinajstić information content (AvgIpc) is 2.57. The fourth-order valence-corrected chi connectivity index (χ4v) is 2.82. The maximum absolute atomic E-state index is 12.1. The van der Waals surface area contributed by atoms with Gasteiger partial charge in [0.1, 0.15) is 5.75 Å². The highest BCUT2D eigenvalue weighted by atomic mass is 16.5. The van der Waals surface area contributed by atoms with Crippen molar-refractivity contribution in [2.75, 3.05) is 6.61 Å². The minimum absolute atomic E-state index is 0.0395. The van der Waals surface area contributed by atoms with Crippen molar-refractivity contribution in [2.45, 2.75) is 47.1 Å². The molecule has 0 bridgehead atoms. The Morgan fingerprint density at radius 2 is 1.67 bits per heavy atom. The van der Waals surface area contributed by atoms with E-state index in [9.17, 15) is 4.79 Å². The number of rotatable bonds is 7. The monoisotopic (exact) mass is 325 g/mol. The van der Waals surface area contributed by atoms with Gasteiger partial charge in [0.05, 0.1) is 0 Å². The lowest BCUT2D eigenvalue weighted by Gasteiger charge is -2.12. The topological polar surface area (TPSA) is 38.3 Å². The normalized spacial score (nSPS) is 10.5. The first-order valence-corrected chi connectivity index (χ1v) is 8.60. The molecule has 0 radical (unpaired) electrons. The second-order valence-electron chi connectivity index (χ2n) is 6.20. The van der Waals surface area contributed by atoms with Gasteiger partial charge in [-0.2, -0.15) is 0 Å². The summed E-state index contributed by atoms with van der Waals surface area (Å²) in [6, 6.07) is 12.5. The van der Waals surface area contributed by atoms with Crippen LogP contribution in [0, 0.1) is 13.8 Å². The molecule has 128 valence electrons. The minimum atomic E-state index is -0.0990. The quantitative estimate of drug-likeness (QED) is 0.831. The lowest BCUT2D eigenvalue weighted by molar-refractivity contribution is -0.123. The molecule has 0 unspecified atom stereocenters. The molecule has 3 nitrogen and oxygen atoms in total. The number of nitrogens with one attached hydrogen (secondary N) is 1. The van der Waals surface area contributed by atoms with Gasteiger partial charge in [-0.05, 0) is 66.6 Å². The summed E-state index contributed by atoms with van der Waals surface area (Å²) in [4.78, 5) is 12.1. The molecule has 0 aliphatic heterocycles. The molecule has 0 aliphatic carbocycles. The number of ether oxygens (including phenoxy) is 1. The number of hydrogen-bond donors (Lipinski definition) is 1. The molecule has 0 atom stereocenters. The summed E-state index contributed by atoms with van der Waals surface area (Å²) < 4.78 is 5.61. The van der Waals surface area contributed by atoms with Gasteiger partial charge in [0.2, 0.25) is 0 Å². The fraction of sp³-hybridized carbons (Fsp3) is 0.381. The Kier molecular flexibility index (Phi) is 6.42. The highest BCUT2D eigenvalue weighted by molar-refractivity contribution is 5.77. The van der Waals surface area contributed by atoms with E-state index < -0.39 is 0 Å². The molecule has 1 amide bonds. The van der Waals surface area contributed by atoms with Gasteiger partial charge in [-0.1, -0.05) is 38.1 Å². The molecule has 0 spiro atoms. The maximum atomic E-state index is 12.1. The van der Waals surface area contributed by atoms with E-state index in [2.05, 4.69) is 43.4 Å². The van der Waals surface area contributed by atoms with Gasteiger partial charge in [0, 0.05) is 6.54 Å². The van der Waals surface area contributed by atoms with Crippen molar-refractivity contribution in [1.29, 1.82) is 0 Å². The highest BCUT2D eigenvalue weighted by Crippen LogP contribution is 2.16. The lowest BCUT2D eigenvalue weighted by Crippen LogP contribution is -2.28. The summed E-state index contributed by atoms with van der Waals surface area (Å²) in [7, 11) is 0. The lowest BCUT2D eigenvalue weighted by atomic mass is 10.0. The first kappa shape index (κ1) is 18.1. The summed E-state index contributed by atoms with van der Waals surface area (Å²) in [6.45, 7) is 8.90. The van der Waals surface area contributed by atoms with Crippen molar-refractivity contribution >= 4 is 5.91 Å². The van der Waals surface area contributed by atoms with Gasteiger partial charge in [-0.3, -0.25) is 4.79 Å². The van der Waals surface area contributed by atoms with Crippen molar-refractivity contribution < 1.29 is 9.53 Å². The van der Waals surface area contributed by atoms with Gasteiger partial charge >= 0.3 is 0 Å². The molecule has 2 aromatic rings. The van der Waals surface area contributed by atoms with Crippen molar-refractivity contribution in [3.05, 3.63) is 64.2 Å². The molecular formula is C21H27NO2. The van der Waals surface area contributed by atoms with Gasteiger partial charge in [0.25, 0.3) is 5.91 Å². The summed E-state index contributed by atoms with van der Waals surface area (Å²) in [6.07, 6.45) is 1.97. The van der Waals surface area contributed by atoms with E-state index in [1.807, 2.05) is 26.0 Å². The largest absolute Gasteiger partial charge is 0.484 e. The number of amides is 1. The number of benzene rings is 2. The Hall–Kier alpha value is -2.29. The number of aryl methyl sites for hydroxylation is 4. The summed E-state index contributed by atoms with van der Waals surface area (Å²) >= 11 is 0. The predicted molar refractivity (Wildman–Crippen MR) is 98.5 cm³/mol. The van der Waals surface area contributed by atoms with E-state index in [0.29, 0.717) is 6.54 Å². The average molecular weight is 325 g/mol. The third kappa shape index (κ3) is 5.12. The highest BCUT2D eigenvalue weighted by Gasteiger charge is 2.07. The molecule has 2 aromatic carbocycles. The van der Waals surface area contributed by atoms with Crippen LogP contribution in [0.15, 0.2) is 36.4 Å². The molecule has 0 saturated heterocycles. The van der Waals surface area contributed by atoms with Crippen molar-refractivity contribution in [1.82, 2.24) is 5.32 Å². The van der Waals surface area contributed by atoms with E-state index >= 15 is 0 Å². The van der Waals surface area contributed by atoms with E-state index in [1.165, 1.54) is 16.7 Å². The predicted octanol–water partition coefficient (Wildman–Crippen LogP) is 4.12. The van der Waals surface area contributed by atoms with Gasteiger partial charge in [0.15, 0.2) is 6.61 Å². The summed E-state index contributed by atoms with van der Waals surface area (Å²) in [5.41, 5.74) is 6.03. The van der Waals surface area contributed by atoms with Crippen LogP contribution in [-0.4, -0.2) is 12.5 Å². The van der Waals surface area contributed by atoms with Crippen molar-refractivity contribution in [3.63, 3.8) is 0 Å². The molecular weight excluding hydrogens is 298 g/mol. The smallest absolute Gasteiger partial charge is 0.258 e. The van der Waals surface area contributed by atoms with Crippen LogP contribution in [0.4, 0.5) is 0 Å². The molecule has 0 saturated carbocycles. The third-order valence-electron chi connectivity index (χ3n) is 4.10. The summed E-state index contributed by atoms with van der Waals surface area (Å²) in [5, 5.41) is 2.96. The van der Waals surface area contributed by atoms with E-state index in [-0.39, 0.29) is 12.5 Å². The Morgan fingerprint density at radius 3 is 2.29 bits per heavy atom. The van der Waals surface area contributed by atoms with Crippen LogP contribution in [0.3, 0.4) is 0 Å². The standard InChI is InChI=1S/C21H27NO2/c1-5-17-7-8-18(6-2)19(12-17)13-22-21(23)14-24-20-10-15(3)9-16(4)11-20/h7-12H,5-6,13-14H2,1-4H3,(H,22,23). The zero-order valence-corrected chi connectivity index (χ0v) is 15.1. The zero-order chi connectivity index (χ0) is 17.5. The fourth-order valence-electron chi connectivity index (χ4n) is 2.82. The molecule has 1 N–H and O–H groups in total. The van der Waals surface area contributed by atoms with Crippen LogP contribution in [0.25, 0.3) is 0 Å². The van der Waals surface area contributed by atoms with E-state index in [1.54, 1.807) is 0 Å². The summed E-state index contributed by atoms with van der Waals surface area (Å²) in [5.74, 6) is 0.642. The second-order valence-corrected chi connectivity index (χ2v) is 6.20. The van der Waals surface area contributed by atoms with Crippen molar-refractivity contribution in [3.8, 4) is 5.75 Å². The van der Waals surface area contributed by atoms with Gasteiger partial charge in [-0.25, -0.2) is 0 Å². The molecule has 24 heavy (non-hydrogen) atoms. The van der Waals surface area contributed by atoms with E-state index in [0.717, 1.165) is 29.7 Å². The Morgan fingerprint density at radius 1 is 0.958 bits per heavy atom. The van der Waals surface area contributed by atoms with Crippen molar-refractivity contribution in [2.24, 2.45) is 0 Å². The number of hydrogen-bond acceptors (Lipinski definition) is 2. The first-order chi connectivity index (χ1) is 11.5. The Balaban J connectivity index is 1.91. The maximum Gasteiger partial charge on any atom is 0.258 e. The van der Waals surface area contributed by atoms with Crippen LogP contribution >= 0.6 is 0 Å². The molecule has 0 fully saturated rings. The second kappa shape index (κ2) is 8.53. The van der Waals surface area contributed by atoms with Crippen LogP contribution in [0.2, 0.25) is 0 Å². The van der Waals surface area contributed by atoms with E-state index in [4.69, 9.17) is 4.74 Å². The molecule has 0 aliphatic rings. The molecule has 0 aromatic heterocycles. The third-order valence-corrected chi connectivity index (χ3v) is 4.10. The minimum Gasteiger partial charge on any atom is -0.484 e. The molecule has 0 heterocycles. The number of carbonyl (C=O) groups excluding carboxylic acids is 1. The molecule has 2 rings (SSSR count).